The Balaban J connectivity index is 1.44. The number of nitrogens with one attached hydrogen (secondary N) is 1. The number of thiophene rings is 1. The largest absolute Gasteiger partial charge is 0.464 e. The molecule has 5 aromatic heterocycles. The number of fused-ring (bicyclic) bond motifs is 1. The number of carbonyl (C=O) groups is 1. The molecule has 0 saturated carbocycles. The third-order valence-corrected chi connectivity index (χ3v) is 6.46. The number of hydrogen-bond donors (Lipinski definition) is 1. The zero-order chi connectivity index (χ0) is 23.9. The van der Waals surface area contributed by atoms with E-state index in [2.05, 4.69) is 15.3 Å². The van der Waals surface area contributed by atoms with E-state index in [1.165, 1.54) is 29.9 Å². The number of halogens is 4. The Morgan fingerprint density at radius 1 is 1.18 bits per heavy atom. The van der Waals surface area contributed by atoms with Crippen molar-refractivity contribution in [1.82, 2.24) is 19.7 Å². The van der Waals surface area contributed by atoms with Crippen LogP contribution < -0.4 is 5.32 Å². The normalized spacial score (nSPS) is 11.8. The van der Waals surface area contributed by atoms with Gasteiger partial charge in [-0.3, -0.25) is 14.2 Å². The molecule has 0 radical (unpaired) electrons. The summed E-state index contributed by atoms with van der Waals surface area (Å²) in [6.07, 6.45) is -0.321. The van der Waals surface area contributed by atoms with Crippen LogP contribution in [0.15, 0.2) is 71.6 Å². The number of alkyl halides is 3. The first-order valence-electron chi connectivity index (χ1n) is 9.92. The minimum absolute atomic E-state index is 0.150. The maximum absolute atomic E-state index is 13.8. The number of hydrogen-bond acceptors (Lipinski definition) is 5. The lowest BCUT2D eigenvalue weighted by atomic mass is 10.1. The van der Waals surface area contributed by atoms with Gasteiger partial charge in [0.25, 0.3) is 5.91 Å². The lowest BCUT2D eigenvalue weighted by Gasteiger charge is -2.10. The van der Waals surface area contributed by atoms with E-state index in [0.29, 0.717) is 0 Å². The number of aromatic nitrogens is 3. The Bertz CT molecular complexity index is 1480. The zero-order valence-corrected chi connectivity index (χ0v) is 18.7. The Hall–Kier alpha value is -3.63. The summed E-state index contributed by atoms with van der Waals surface area (Å²) in [6.45, 7) is 0.157. The van der Waals surface area contributed by atoms with Crippen LogP contribution in [0, 0.1) is 0 Å². The van der Waals surface area contributed by atoms with Crippen LogP contribution >= 0.6 is 22.9 Å². The van der Waals surface area contributed by atoms with Crippen molar-refractivity contribution >= 4 is 34.5 Å². The summed E-state index contributed by atoms with van der Waals surface area (Å²) in [4.78, 5) is 22.8. The second-order valence-electron chi connectivity index (χ2n) is 7.23. The second kappa shape index (κ2) is 8.62. The van der Waals surface area contributed by atoms with Crippen LogP contribution in [0.5, 0.6) is 0 Å². The number of rotatable bonds is 5. The van der Waals surface area contributed by atoms with E-state index < -0.39 is 23.3 Å². The lowest BCUT2D eigenvalue weighted by Crippen LogP contribution is -2.23. The molecular weight excluding hydrogens is 489 g/mol. The number of carbonyl (C=O) groups excluding carboxylic acids is 1. The van der Waals surface area contributed by atoms with Crippen LogP contribution in [-0.4, -0.2) is 20.3 Å². The number of nitrogens with zero attached hydrogens (tertiary/aromatic N) is 3. The molecule has 0 aliphatic rings. The standard InChI is InChI=1S/C23H14ClF3N4O2S/c24-20-19(22(32)29-11-14-6-7-18(34-14)16-4-1-2-8-28-16)30-21-15(23(25,26)27)10-13(12-31(20)21)17-5-3-9-33-17/h1-10,12H,11H2,(H,29,32). The third kappa shape index (κ3) is 4.17. The average Bonchev–Trinajstić information content (AvgIpc) is 3.58. The highest BCUT2D eigenvalue weighted by Crippen LogP contribution is 2.37. The first kappa shape index (κ1) is 22.2. The molecule has 5 aromatic rings. The summed E-state index contributed by atoms with van der Waals surface area (Å²) in [5.41, 5.74) is -0.838. The second-order valence-corrected chi connectivity index (χ2v) is 8.75. The summed E-state index contributed by atoms with van der Waals surface area (Å²) >= 11 is 7.75. The maximum Gasteiger partial charge on any atom is 0.420 e. The highest BCUT2D eigenvalue weighted by molar-refractivity contribution is 7.15. The maximum atomic E-state index is 13.8. The van der Waals surface area contributed by atoms with Gasteiger partial charge >= 0.3 is 6.18 Å². The highest BCUT2D eigenvalue weighted by atomic mass is 35.5. The summed E-state index contributed by atoms with van der Waals surface area (Å²) < 4.78 is 47.6. The van der Waals surface area contributed by atoms with Crippen molar-refractivity contribution in [2.24, 2.45) is 0 Å². The average molecular weight is 503 g/mol. The van der Waals surface area contributed by atoms with Gasteiger partial charge < -0.3 is 9.73 Å². The first-order valence-corrected chi connectivity index (χ1v) is 11.1. The van der Waals surface area contributed by atoms with Gasteiger partial charge in [-0.2, -0.15) is 13.2 Å². The molecule has 5 heterocycles. The molecule has 0 atom stereocenters. The van der Waals surface area contributed by atoms with Crippen LogP contribution in [0.25, 0.3) is 27.5 Å². The van der Waals surface area contributed by atoms with Crippen LogP contribution in [-0.2, 0) is 12.7 Å². The van der Waals surface area contributed by atoms with Gasteiger partial charge in [0.05, 0.1) is 28.9 Å². The summed E-state index contributed by atoms with van der Waals surface area (Å²) in [7, 11) is 0. The number of pyridine rings is 2. The molecule has 172 valence electrons. The first-order chi connectivity index (χ1) is 16.3. The monoisotopic (exact) mass is 502 g/mol. The lowest BCUT2D eigenvalue weighted by molar-refractivity contribution is -0.136. The Morgan fingerprint density at radius 3 is 2.74 bits per heavy atom. The molecule has 1 N–H and O–H groups in total. The van der Waals surface area contributed by atoms with Crippen LogP contribution in [0.1, 0.15) is 20.9 Å². The van der Waals surface area contributed by atoms with Crippen molar-refractivity contribution in [3.63, 3.8) is 0 Å². The fourth-order valence-electron chi connectivity index (χ4n) is 3.42. The highest BCUT2D eigenvalue weighted by Gasteiger charge is 2.36. The summed E-state index contributed by atoms with van der Waals surface area (Å²) in [5, 5.41) is 2.44. The topological polar surface area (TPSA) is 72.4 Å². The van der Waals surface area contributed by atoms with Crippen LogP contribution in [0.4, 0.5) is 13.2 Å². The van der Waals surface area contributed by atoms with Crippen molar-refractivity contribution in [2.45, 2.75) is 12.7 Å². The number of imidazole rings is 1. The Kier molecular flexibility index (Phi) is 5.62. The fourth-order valence-corrected chi connectivity index (χ4v) is 4.60. The Labute approximate surface area is 199 Å². The molecule has 6 nitrogen and oxygen atoms in total. The van der Waals surface area contributed by atoms with Gasteiger partial charge in [-0.15, -0.1) is 11.3 Å². The van der Waals surface area contributed by atoms with Gasteiger partial charge in [-0.05, 0) is 42.5 Å². The van der Waals surface area contributed by atoms with E-state index in [1.54, 1.807) is 12.3 Å². The van der Waals surface area contributed by atoms with Gasteiger partial charge in [0.2, 0.25) is 0 Å². The minimum Gasteiger partial charge on any atom is -0.464 e. The molecule has 0 fully saturated rings. The van der Waals surface area contributed by atoms with Crippen LogP contribution in [0.2, 0.25) is 5.15 Å². The molecule has 0 bridgehead atoms. The zero-order valence-electron chi connectivity index (χ0n) is 17.1. The molecule has 34 heavy (non-hydrogen) atoms. The molecule has 0 unspecified atom stereocenters. The fraction of sp³-hybridized carbons (Fsp3) is 0.0870. The SMILES string of the molecule is O=C(NCc1ccc(-c2ccccn2)s1)c1nc2c(C(F)(F)F)cc(-c3ccco3)cn2c1Cl. The number of amides is 1. The quantitative estimate of drug-likeness (QED) is 0.305. The van der Waals surface area contributed by atoms with E-state index in [9.17, 15) is 18.0 Å². The van der Waals surface area contributed by atoms with E-state index in [4.69, 9.17) is 16.0 Å². The van der Waals surface area contributed by atoms with Gasteiger partial charge in [0.15, 0.2) is 11.3 Å². The van der Waals surface area contributed by atoms with E-state index in [0.717, 1.165) is 25.9 Å². The molecule has 0 aliphatic heterocycles. The van der Waals surface area contributed by atoms with Gasteiger partial charge in [0, 0.05) is 22.8 Å². The van der Waals surface area contributed by atoms with Crippen molar-refractivity contribution < 1.29 is 22.4 Å². The molecular formula is C23H14ClF3N4O2S. The predicted molar refractivity (Wildman–Crippen MR) is 122 cm³/mol. The number of furan rings is 1. The van der Waals surface area contributed by atoms with Crippen LogP contribution in [0.3, 0.4) is 0 Å². The van der Waals surface area contributed by atoms with Crippen molar-refractivity contribution in [3.05, 3.63) is 88.5 Å². The minimum atomic E-state index is -4.72. The molecule has 0 saturated heterocycles. The molecule has 0 spiro atoms. The molecule has 11 heteroatoms. The van der Waals surface area contributed by atoms with E-state index >= 15 is 0 Å². The van der Waals surface area contributed by atoms with Crippen molar-refractivity contribution in [2.75, 3.05) is 0 Å². The van der Waals surface area contributed by atoms with E-state index in [1.807, 2.05) is 30.3 Å². The smallest absolute Gasteiger partial charge is 0.420 e. The summed E-state index contributed by atoms with van der Waals surface area (Å²) in [6, 6.07) is 13.3. The molecule has 1 amide bonds. The van der Waals surface area contributed by atoms with Gasteiger partial charge in [-0.25, -0.2) is 4.98 Å². The van der Waals surface area contributed by atoms with E-state index in [-0.39, 0.29) is 28.7 Å². The van der Waals surface area contributed by atoms with Crippen molar-refractivity contribution in [3.8, 4) is 21.9 Å². The van der Waals surface area contributed by atoms with Gasteiger partial charge in [-0.1, -0.05) is 17.7 Å². The Morgan fingerprint density at radius 2 is 2.03 bits per heavy atom. The summed E-state index contributed by atoms with van der Waals surface area (Å²) in [5.74, 6) is -0.460. The van der Waals surface area contributed by atoms with Gasteiger partial charge in [0.1, 0.15) is 10.9 Å². The molecule has 5 rings (SSSR count). The predicted octanol–water partition coefficient (Wildman–Crippen LogP) is 6.32. The van der Waals surface area contributed by atoms with Crippen molar-refractivity contribution in [1.29, 1.82) is 0 Å². The molecule has 0 aliphatic carbocycles. The third-order valence-electron chi connectivity index (χ3n) is 4.99. The molecule has 0 aromatic carbocycles.